The number of H-pyrrole nitrogens is 1. The Labute approximate surface area is 134 Å². The van der Waals surface area contributed by atoms with Crippen LogP contribution in [0.3, 0.4) is 0 Å². The van der Waals surface area contributed by atoms with Gasteiger partial charge in [-0.15, -0.1) is 0 Å². The molecule has 5 heteroatoms. The second-order valence-corrected chi connectivity index (χ2v) is 7.47. The molecule has 0 atom stereocenters. The maximum atomic E-state index is 13.0. The third kappa shape index (κ3) is 3.51. The van der Waals surface area contributed by atoms with E-state index in [1.807, 2.05) is 6.92 Å². The van der Waals surface area contributed by atoms with Crippen LogP contribution >= 0.6 is 0 Å². The van der Waals surface area contributed by atoms with E-state index >= 15 is 0 Å². The Balaban J connectivity index is 1.83. The van der Waals surface area contributed by atoms with Crippen molar-refractivity contribution in [2.75, 3.05) is 0 Å². The monoisotopic (exact) mass is 329 g/mol. The fourth-order valence-corrected chi connectivity index (χ4v) is 3.65. The average molecular weight is 329 g/mol. The number of halogens is 1. The molecule has 23 heavy (non-hydrogen) atoms. The van der Waals surface area contributed by atoms with Gasteiger partial charge in [-0.05, 0) is 61.0 Å². The van der Waals surface area contributed by atoms with Gasteiger partial charge in [0, 0.05) is 11.4 Å². The highest BCUT2D eigenvalue weighted by Crippen LogP contribution is 2.22. The van der Waals surface area contributed by atoms with Crippen molar-refractivity contribution < 1.29 is 12.8 Å². The third-order valence-corrected chi connectivity index (χ3v) is 5.31. The number of aryl methyl sites for hydroxylation is 1. The molecular formula is C18H16FNO2S. The van der Waals surface area contributed by atoms with E-state index in [1.165, 1.54) is 12.1 Å². The van der Waals surface area contributed by atoms with Crippen molar-refractivity contribution in [2.24, 2.45) is 0 Å². The highest BCUT2D eigenvalue weighted by Gasteiger charge is 2.16. The first-order chi connectivity index (χ1) is 10.9. The van der Waals surface area contributed by atoms with Crippen molar-refractivity contribution in [1.82, 2.24) is 4.98 Å². The summed E-state index contributed by atoms with van der Waals surface area (Å²) in [6.07, 6.45) is 0. The minimum Gasteiger partial charge on any atom is -0.358 e. The molecule has 1 heterocycles. The Kier molecular flexibility index (Phi) is 4.05. The zero-order valence-corrected chi connectivity index (χ0v) is 13.4. The number of aromatic amines is 1. The molecule has 0 fully saturated rings. The summed E-state index contributed by atoms with van der Waals surface area (Å²) in [4.78, 5) is 3.39. The fraction of sp³-hybridized carbons (Fsp3) is 0.111. The minimum absolute atomic E-state index is 0.0999. The van der Waals surface area contributed by atoms with Crippen LogP contribution < -0.4 is 0 Å². The van der Waals surface area contributed by atoms with Gasteiger partial charge in [0.05, 0.1) is 10.6 Å². The Bertz CT molecular complexity index is 910. The van der Waals surface area contributed by atoms with Crippen molar-refractivity contribution in [1.29, 1.82) is 0 Å². The largest absolute Gasteiger partial charge is 0.358 e. The number of hydrogen-bond donors (Lipinski definition) is 1. The maximum Gasteiger partial charge on any atom is 0.183 e. The van der Waals surface area contributed by atoms with Crippen molar-refractivity contribution in [2.45, 2.75) is 17.6 Å². The van der Waals surface area contributed by atoms with Gasteiger partial charge in [0.15, 0.2) is 9.84 Å². The van der Waals surface area contributed by atoms with E-state index < -0.39 is 9.84 Å². The van der Waals surface area contributed by atoms with Crippen molar-refractivity contribution >= 4 is 9.84 Å². The summed E-state index contributed by atoms with van der Waals surface area (Å²) in [5, 5.41) is 0. The van der Waals surface area contributed by atoms with E-state index in [4.69, 9.17) is 0 Å². The predicted molar refractivity (Wildman–Crippen MR) is 88.3 cm³/mol. The molecular weight excluding hydrogens is 313 g/mol. The van der Waals surface area contributed by atoms with E-state index in [-0.39, 0.29) is 11.6 Å². The van der Waals surface area contributed by atoms with Crippen molar-refractivity contribution in [3.63, 3.8) is 0 Å². The fourth-order valence-electron chi connectivity index (χ4n) is 2.36. The molecule has 0 saturated carbocycles. The van der Waals surface area contributed by atoms with Crippen LogP contribution in [0.1, 0.15) is 11.3 Å². The van der Waals surface area contributed by atoms with Gasteiger partial charge in [0.2, 0.25) is 0 Å². The summed E-state index contributed by atoms with van der Waals surface area (Å²) in [6.45, 7) is 1.91. The van der Waals surface area contributed by atoms with Crippen LogP contribution in [0, 0.1) is 12.7 Å². The molecule has 0 aliphatic rings. The molecule has 3 nitrogen and oxygen atoms in total. The first kappa shape index (κ1) is 15.5. The van der Waals surface area contributed by atoms with E-state index in [0.29, 0.717) is 10.6 Å². The van der Waals surface area contributed by atoms with E-state index in [1.54, 1.807) is 48.5 Å². The molecule has 0 amide bonds. The number of sulfone groups is 1. The molecule has 0 spiro atoms. The first-order valence-electron chi connectivity index (χ1n) is 7.17. The van der Waals surface area contributed by atoms with Gasteiger partial charge in [-0.1, -0.05) is 17.7 Å². The molecule has 1 N–H and O–H groups in total. The van der Waals surface area contributed by atoms with Crippen LogP contribution in [-0.2, 0) is 15.6 Å². The zero-order chi connectivity index (χ0) is 16.4. The molecule has 2 aromatic carbocycles. The Morgan fingerprint density at radius 2 is 1.57 bits per heavy atom. The summed E-state index contributed by atoms with van der Waals surface area (Å²) in [6, 6.07) is 16.4. The van der Waals surface area contributed by atoms with E-state index in [9.17, 15) is 12.8 Å². The predicted octanol–water partition coefficient (Wildman–Crippen LogP) is 4.10. The summed E-state index contributed by atoms with van der Waals surface area (Å²) in [5.41, 5.74) is 3.19. The SMILES string of the molecule is Cc1ccc(S(=O)(=O)Cc2ccc(-c3ccc(F)cc3)[nH]2)cc1. The standard InChI is InChI=1S/C18H16FNO2S/c1-13-2-9-17(10-3-13)23(21,22)12-16-8-11-18(20-16)14-4-6-15(19)7-5-14/h2-11,20H,12H2,1H3. The number of nitrogens with one attached hydrogen (secondary N) is 1. The molecule has 3 aromatic rings. The van der Waals surface area contributed by atoms with Crippen molar-refractivity contribution in [3.8, 4) is 11.3 Å². The molecule has 0 radical (unpaired) electrons. The molecule has 0 saturated heterocycles. The first-order valence-corrected chi connectivity index (χ1v) is 8.82. The quantitative estimate of drug-likeness (QED) is 0.783. The second kappa shape index (κ2) is 6.01. The summed E-state index contributed by atoms with van der Waals surface area (Å²) in [5.74, 6) is -0.403. The highest BCUT2D eigenvalue weighted by atomic mass is 32.2. The molecule has 1 aromatic heterocycles. The molecule has 3 rings (SSSR count). The maximum absolute atomic E-state index is 13.0. The molecule has 0 aliphatic carbocycles. The van der Waals surface area contributed by atoms with Crippen LogP contribution in [0.5, 0.6) is 0 Å². The molecule has 0 aliphatic heterocycles. The lowest BCUT2D eigenvalue weighted by molar-refractivity contribution is 0.595. The number of aromatic nitrogens is 1. The summed E-state index contributed by atoms with van der Waals surface area (Å²) < 4.78 is 37.8. The van der Waals surface area contributed by atoms with Crippen LogP contribution in [0.15, 0.2) is 65.6 Å². The minimum atomic E-state index is -3.40. The van der Waals surface area contributed by atoms with Crippen LogP contribution in [0.4, 0.5) is 4.39 Å². The van der Waals surface area contributed by atoms with Crippen LogP contribution in [-0.4, -0.2) is 13.4 Å². The molecule has 118 valence electrons. The van der Waals surface area contributed by atoms with Crippen LogP contribution in [0.25, 0.3) is 11.3 Å². The second-order valence-electron chi connectivity index (χ2n) is 5.48. The number of benzene rings is 2. The lowest BCUT2D eigenvalue weighted by atomic mass is 10.1. The lowest BCUT2D eigenvalue weighted by Gasteiger charge is -2.04. The number of hydrogen-bond acceptors (Lipinski definition) is 2. The summed E-state index contributed by atoms with van der Waals surface area (Å²) in [7, 11) is -3.40. The third-order valence-electron chi connectivity index (χ3n) is 3.63. The van der Waals surface area contributed by atoms with E-state index in [2.05, 4.69) is 4.98 Å². The van der Waals surface area contributed by atoms with Crippen molar-refractivity contribution in [3.05, 3.63) is 77.7 Å². The Hall–Kier alpha value is -2.40. The molecule has 0 bridgehead atoms. The number of rotatable bonds is 4. The smallest absolute Gasteiger partial charge is 0.183 e. The lowest BCUT2D eigenvalue weighted by Crippen LogP contribution is -2.05. The average Bonchev–Trinajstić information content (AvgIpc) is 2.96. The van der Waals surface area contributed by atoms with Gasteiger partial charge in [-0.2, -0.15) is 0 Å². The van der Waals surface area contributed by atoms with Gasteiger partial charge in [-0.25, -0.2) is 12.8 Å². The normalized spacial score (nSPS) is 11.6. The van der Waals surface area contributed by atoms with Gasteiger partial charge < -0.3 is 4.98 Å². The summed E-state index contributed by atoms with van der Waals surface area (Å²) >= 11 is 0. The van der Waals surface area contributed by atoms with E-state index in [0.717, 1.165) is 16.8 Å². The topological polar surface area (TPSA) is 49.9 Å². The highest BCUT2D eigenvalue weighted by molar-refractivity contribution is 7.90. The molecule has 0 unspecified atom stereocenters. The zero-order valence-electron chi connectivity index (χ0n) is 12.6. The van der Waals surface area contributed by atoms with Gasteiger partial charge in [-0.3, -0.25) is 0 Å². The van der Waals surface area contributed by atoms with Gasteiger partial charge >= 0.3 is 0 Å². The van der Waals surface area contributed by atoms with Crippen LogP contribution in [0.2, 0.25) is 0 Å². The Morgan fingerprint density at radius 1 is 0.913 bits per heavy atom. The van der Waals surface area contributed by atoms with Gasteiger partial charge in [0.1, 0.15) is 5.82 Å². The Morgan fingerprint density at radius 3 is 2.22 bits per heavy atom. The van der Waals surface area contributed by atoms with Gasteiger partial charge in [0.25, 0.3) is 0 Å².